The molecule has 1 rings (SSSR count). The van der Waals surface area contributed by atoms with E-state index in [9.17, 15) is 9.59 Å². The van der Waals surface area contributed by atoms with Crippen LogP contribution >= 0.6 is 11.8 Å². The normalized spacial score (nSPS) is 12.8. The Morgan fingerprint density at radius 2 is 2.06 bits per heavy atom. The molecule has 0 aliphatic rings. The zero-order valence-corrected chi connectivity index (χ0v) is 10.3. The average Bonchev–Trinajstić information content (AvgIpc) is 2.28. The molecule has 0 bridgehead atoms. The van der Waals surface area contributed by atoms with Crippen molar-refractivity contribution >= 4 is 11.8 Å². The molecule has 1 N–H and O–H groups in total. The van der Waals surface area contributed by atoms with Gasteiger partial charge in [-0.2, -0.15) is 5.10 Å². The summed E-state index contributed by atoms with van der Waals surface area (Å²) in [6.07, 6.45) is 0. The Hall–Kier alpha value is -1.08. The number of aliphatic hydroxyl groups is 1. The van der Waals surface area contributed by atoms with Crippen molar-refractivity contribution in [3.8, 4) is 0 Å². The summed E-state index contributed by atoms with van der Waals surface area (Å²) in [6, 6.07) is 0. The number of aromatic nitrogens is 3. The summed E-state index contributed by atoms with van der Waals surface area (Å²) in [7, 11) is 2.92. The molecule has 1 aromatic rings. The fraction of sp³-hybridized carbons (Fsp3) is 0.667. The number of nitrogens with zero attached hydrogens (tertiary/aromatic N) is 3. The molecule has 0 spiro atoms. The highest BCUT2D eigenvalue weighted by Crippen LogP contribution is 2.13. The molecule has 1 unspecified atom stereocenters. The second kappa shape index (κ2) is 5.31. The number of hydrogen-bond acceptors (Lipinski definition) is 5. The number of aliphatic hydroxyl groups excluding tert-OH is 1. The first-order chi connectivity index (χ1) is 7.47. The van der Waals surface area contributed by atoms with Gasteiger partial charge in [0.15, 0.2) is 5.03 Å². The maximum Gasteiger partial charge on any atom is 0.346 e. The lowest BCUT2D eigenvalue weighted by molar-refractivity contribution is 0.250. The van der Waals surface area contributed by atoms with E-state index in [1.807, 2.05) is 6.92 Å². The minimum absolute atomic E-state index is 0.0685. The molecular weight excluding hydrogens is 230 g/mol. The van der Waals surface area contributed by atoms with Gasteiger partial charge in [0, 0.05) is 26.5 Å². The van der Waals surface area contributed by atoms with Crippen LogP contribution in [0.5, 0.6) is 0 Å². The maximum atomic E-state index is 11.6. The topological polar surface area (TPSA) is 77.1 Å². The molecule has 7 heteroatoms. The number of thioether (sulfide) groups is 1. The summed E-state index contributed by atoms with van der Waals surface area (Å²) in [5.41, 5.74) is -0.831. The van der Waals surface area contributed by atoms with Crippen molar-refractivity contribution in [2.75, 3.05) is 12.4 Å². The zero-order chi connectivity index (χ0) is 12.3. The van der Waals surface area contributed by atoms with E-state index in [0.717, 1.165) is 9.25 Å². The smallest absolute Gasteiger partial charge is 0.346 e. The van der Waals surface area contributed by atoms with Crippen molar-refractivity contribution in [2.45, 2.75) is 11.9 Å². The molecule has 0 aliphatic heterocycles. The molecule has 0 saturated carbocycles. The molecule has 0 radical (unpaired) electrons. The number of rotatable bonds is 4. The van der Waals surface area contributed by atoms with E-state index in [1.54, 1.807) is 0 Å². The van der Waals surface area contributed by atoms with Crippen LogP contribution in [0.15, 0.2) is 14.6 Å². The van der Waals surface area contributed by atoms with E-state index in [4.69, 9.17) is 5.11 Å². The Morgan fingerprint density at radius 3 is 2.62 bits per heavy atom. The van der Waals surface area contributed by atoms with Crippen molar-refractivity contribution in [3.63, 3.8) is 0 Å². The molecule has 1 heterocycles. The van der Waals surface area contributed by atoms with Crippen LogP contribution in [-0.2, 0) is 14.1 Å². The van der Waals surface area contributed by atoms with E-state index >= 15 is 0 Å². The summed E-state index contributed by atoms with van der Waals surface area (Å²) in [6.45, 7) is 1.94. The van der Waals surface area contributed by atoms with E-state index < -0.39 is 11.2 Å². The van der Waals surface area contributed by atoms with Gasteiger partial charge in [-0.15, -0.1) is 0 Å². The summed E-state index contributed by atoms with van der Waals surface area (Å²) in [5, 5.41) is 13.0. The lowest BCUT2D eigenvalue weighted by Gasteiger charge is -2.07. The molecular formula is C9H15N3O3S. The third-order valence-electron chi connectivity index (χ3n) is 2.11. The van der Waals surface area contributed by atoms with Gasteiger partial charge in [0.25, 0.3) is 5.56 Å². The molecule has 6 nitrogen and oxygen atoms in total. The van der Waals surface area contributed by atoms with Gasteiger partial charge in [-0.05, 0) is 5.92 Å². The van der Waals surface area contributed by atoms with Crippen molar-refractivity contribution in [2.24, 2.45) is 20.0 Å². The van der Waals surface area contributed by atoms with E-state index in [-0.39, 0.29) is 17.6 Å². The standard InChI is InChI=1S/C9H15N3O3S/c1-6(4-13)5-16-7-8(14)11(2)9(15)12(3)10-7/h6,13H,4-5H2,1-3H3. The summed E-state index contributed by atoms with van der Waals surface area (Å²) >= 11 is 1.25. The maximum absolute atomic E-state index is 11.6. The third-order valence-corrected chi connectivity index (χ3v) is 3.37. The highest BCUT2D eigenvalue weighted by molar-refractivity contribution is 7.99. The first-order valence-electron chi connectivity index (χ1n) is 4.85. The highest BCUT2D eigenvalue weighted by atomic mass is 32.2. The fourth-order valence-corrected chi connectivity index (χ4v) is 2.02. The van der Waals surface area contributed by atoms with Crippen LogP contribution in [0.3, 0.4) is 0 Å². The molecule has 90 valence electrons. The monoisotopic (exact) mass is 245 g/mol. The molecule has 16 heavy (non-hydrogen) atoms. The molecule has 1 atom stereocenters. The van der Waals surface area contributed by atoms with Crippen LogP contribution in [0.2, 0.25) is 0 Å². The van der Waals surface area contributed by atoms with Crippen LogP contribution in [0.4, 0.5) is 0 Å². The zero-order valence-electron chi connectivity index (χ0n) is 9.51. The van der Waals surface area contributed by atoms with Crippen LogP contribution in [0.25, 0.3) is 0 Å². The predicted octanol–water partition coefficient (Wildman–Crippen LogP) is -0.800. The largest absolute Gasteiger partial charge is 0.396 e. The van der Waals surface area contributed by atoms with Gasteiger partial charge < -0.3 is 5.11 Å². The SMILES string of the molecule is CC(CO)CSc1nn(C)c(=O)n(C)c1=O. The summed E-state index contributed by atoms with van der Waals surface area (Å²) in [5.74, 6) is 0.686. The van der Waals surface area contributed by atoms with Gasteiger partial charge in [0.2, 0.25) is 0 Å². The number of hydrogen-bond donors (Lipinski definition) is 1. The molecule has 0 aromatic carbocycles. The van der Waals surface area contributed by atoms with E-state index in [1.165, 1.54) is 25.9 Å². The fourth-order valence-electron chi connectivity index (χ4n) is 1.03. The van der Waals surface area contributed by atoms with Crippen molar-refractivity contribution in [1.29, 1.82) is 0 Å². The molecule has 0 fully saturated rings. The minimum Gasteiger partial charge on any atom is -0.396 e. The molecule has 0 aliphatic carbocycles. The quantitative estimate of drug-likeness (QED) is 0.703. The molecule has 0 saturated heterocycles. The second-order valence-electron chi connectivity index (χ2n) is 3.67. The van der Waals surface area contributed by atoms with Gasteiger partial charge >= 0.3 is 5.69 Å². The van der Waals surface area contributed by atoms with E-state index in [2.05, 4.69) is 5.10 Å². The summed E-state index contributed by atoms with van der Waals surface area (Å²) < 4.78 is 2.16. The highest BCUT2D eigenvalue weighted by Gasteiger charge is 2.10. The van der Waals surface area contributed by atoms with Gasteiger partial charge in [0.1, 0.15) is 0 Å². The Morgan fingerprint density at radius 1 is 1.44 bits per heavy atom. The summed E-state index contributed by atoms with van der Waals surface area (Å²) in [4.78, 5) is 23.0. The minimum atomic E-state index is -0.440. The van der Waals surface area contributed by atoms with Gasteiger partial charge in [-0.3, -0.25) is 9.36 Å². The van der Waals surface area contributed by atoms with Gasteiger partial charge in [-0.1, -0.05) is 18.7 Å². The van der Waals surface area contributed by atoms with Crippen LogP contribution in [0, 0.1) is 5.92 Å². The Balaban J connectivity index is 2.98. The predicted molar refractivity (Wildman–Crippen MR) is 61.7 cm³/mol. The molecule has 0 amide bonds. The van der Waals surface area contributed by atoms with Crippen molar-refractivity contribution < 1.29 is 5.11 Å². The first kappa shape index (κ1) is 13.0. The molecule has 1 aromatic heterocycles. The average molecular weight is 245 g/mol. The Bertz CT molecular complexity index is 480. The van der Waals surface area contributed by atoms with Crippen molar-refractivity contribution in [1.82, 2.24) is 14.3 Å². The number of aryl methyl sites for hydroxylation is 1. The second-order valence-corrected chi connectivity index (χ2v) is 4.68. The Kier molecular flexibility index (Phi) is 4.31. The van der Waals surface area contributed by atoms with Gasteiger partial charge in [0.05, 0.1) is 0 Å². The van der Waals surface area contributed by atoms with E-state index in [0.29, 0.717) is 5.75 Å². The van der Waals surface area contributed by atoms with Crippen molar-refractivity contribution in [3.05, 3.63) is 20.8 Å². The third kappa shape index (κ3) is 2.73. The van der Waals surface area contributed by atoms with Gasteiger partial charge in [-0.25, -0.2) is 9.48 Å². The van der Waals surface area contributed by atoms with Crippen LogP contribution < -0.4 is 11.2 Å². The first-order valence-corrected chi connectivity index (χ1v) is 5.84. The lowest BCUT2D eigenvalue weighted by atomic mass is 10.2. The van der Waals surface area contributed by atoms with Crippen LogP contribution in [0.1, 0.15) is 6.92 Å². The van der Waals surface area contributed by atoms with Crippen LogP contribution in [-0.4, -0.2) is 31.8 Å². The Labute approximate surface area is 96.9 Å². The lowest BCUT2D eigenvalue weighted by Crippen LogP contribution is -2.39.